The average molecular weight is 341 g/mol. The van der Waals surface area contributed by atoms with E-state index in [1.165, 1.54) is 11.3 Å². The molecule has 7 heteroatoms. The van der Waals surface area contributed by atoms with E-state index in [2.05, 4.69) is 9.88 Å². The molecule has 1 N–H and O–H groups in total. The third kappa shape index (κ3) is 5.07. The summed E-state index contributed by atoms with van der Waals surface area (Å²) in [4.78, 5) is 20.7. The van der Waals surface area contributed by atoms with Gasteiger partial charge in [-0.2, -0.15) is 0 Å². The van der Waals surface area contributed by atoms with Crippen molar-refractivity contribution in [3.8, 4) is 0 Å². The van der Waals surface area contributed by atoms with Crippen LogP contribution in [0.1, 0.15) is 46.7 Å². The lowest BCUT2D eigenvalue weighted by molar-refractivity contribution is 0.0263. The zero-order chi connectivity index (χ0) is 17.3. The van der Waals surface area contributed by atoms with Crippen LogP contribution in [0.3, 0.4) is 0 Å². The highest BCUT2D eigenvalue weighted by molar-refractivity contribution is 7.13. The van der Waals surface area contributed by atoms with Crippen LogP contribution < -0.4 is 4.90 Å². The highest BCUT2D eigenvalue weighted by Crippen LogP contribution is 2.28. The van der Waals surface area contributed by atoms with Gasteiger partial charge in [-0.25, -0.2) is 9.78 Å². The number of nitrogens with zero attached hydrogens (tertiary/aromatic N) is 3. The summed E-state index contributed by atoms with van der Waals surface area (Å²) in [5.74, 6) is 0. The van der Waals surface area contributed by atoms with Gasteiger partial charge in [0.05, 0.1) is 5.69 Å². The molecule has 6 nitrogen and oxygen atoms in total. The molecule has 1 aliphatic rings. The standard InChI is InChI=1S/C16H27N3O3S/c1-15(2,3)22-14(20)19-8-6-7-18(9-10-19)13-17-12(11-23-13)16(4,5)21/h11,21H,6-10H2,1-5H3. The number of aromatic nitrogens is 1. The molecule has 1 amide bonds. The van der Waals surface area contributed by atoms with Crippen molar-refractivity contribution in [2.75, 3.05) is 31.1 Å². The summed E-state index contributed by atoms with van der Waals surface area (Å²) in [6, 6.07) is 0. The number of carbonyl (C=O) groups is 1. The summed E-state index contributed by atoms with van der Waals surface area (Å²) >= 11 is 1.53. The fraction of sp³-hybridized carbons (Fsp3) is 0.750. The molecule has 0 aromatic carbocycles. The predicted molar refractivity (Wildman–Crippen MR) is 92.0 cm³/mol. The Kier molecular flexibility index (Phi) is 5.20. The number of carbonyl (C=O) groups excluding carboxylic acids is 1. The van der Waals surface area contributed by atoms with Crippen molar-refractivity contribution in [1.82, 2.24) is 9.88 Å². The molecule has 1 aliphatic heterocycles. The molecular weight excluding hydrogens is 314 g/mol. The van der Waals surface area contributed by atoms with E-state index in [1.807, 2.05) is 26.2 Å². The van der Waals surface area contributed by atoms with Crippen LogP contribution >= 0.6 is 11.3 Å². The normalized spacial score (nSPS) is 17.1. The smallest absolute Gasteiger partial charge is 0.410 e. The van der Waals surface area contributed by atoms with Gasteiger partial charge in [0.1, 0.15) is 11.2 Å². The Morgan fingerprint density at radius 3 is 2.48 bits per heavy atom. The van der Waals surface area contributed by atoms with Crippen molar-refractivity contribution in [1.29, 1.82) is 0 Å². The number of hydrogen-bond donors (Lipinski definition) is 1. The number of rotatable bonds is 2. The first-order valence-electron chi connectivity index (χ1n) is 7.97. The van der Waals surface area contributed by atoms with E-state index in [-0.39, 0.29) is 6.09 Å². The maximum atomic E-state index is 12.2. The van der Waals surface area contributed by atoms with Crippen LogP contribution in [-0.2, 0) is 10.3 Å². The fourth-order valence-corrected chi connectivity index (χ4v) is 3.35. The summed E-state index contributed by atoms with van der Waals surface area (Å²) in [7, 11) is 0. The molecule has 0 radical (unpaired) electrons. The average Bonchev–Trinajstić information content (AvgIpc) is 2.75. The lowest BCUT2D eigenvalue weighted by atomic mass is 10.1. The summed E-state index contributed by atoms with van der Waals surface area (Å²) in [6.45, 7) is 12.0. The molecule has 0 unspecified atom stereocenters. The maximum absolute atomic E-state index is 12.2. The minimum atomic E-state index is -0.927. The van der Waals surface area contributed by atoms with Crippen molar-refractivity contribution in [2.24, 2.45) is 0 Å². The van der Waals surface area contributed by atoms with E-state index >= 15 is 0 Å². The van der Waals surface area contributed by atoms with Gasteiger partial charge in [-0.3, -0.25) is 0 Å². The molecule has 1 fully saturated rings. The first kappa shape index (κ1) is 18.0. The summed E-state index contributed by atoms with van der Waals surface area (Å²) in [5.41, 5.74) is -0.714. The number of amides is 1. The Labute approximate surface area is 142 Å². The molecule has 1 aromatic heterocycles. The van der Waals surface area contributed by atoms with Gasteiger partial charge >= 0.3 is 6.09 Å². The molecule has 0 bridgehead atoms. The third-order valence-electron chi connectivity index (χ3n) is 3.54. The molecule has 0 spiro atoms. The molecule has 1 aromatic rings. The first-order valence-corrected chi connectivity index (χ1v) is 8.85. The largest absolute Gasteiger partial charge is 0.444 e. The van der Waals surface area contributed by atoms with Crippen molar-refractivity contribution in [3.63, 3.8) is 0 Å². The molecule has 2 heterocycles. The van der Waals surface area contributed by atoms with E-state index in [4.69, 9.17) is 4.74 Å². The lowest BCUT2D eigenvalue weighted by Crippen LogP contribution is -2.39. The van der Waals surface area contributed by atoms with E-state index < -0.39 is 11.2 Å². The highest BCUT2D eigenvalue weighted by Gasteiger charge is 2.26. The third-order valence-corrected chi connectivity index (χ3v) is 4.44. The van der Waals surface area contributed by atoms with Crippen molar-refractivity contribution >= 4 is 22.6 Å². The second-order valence-electron chi connectivity index (χ2n) is 7.38. The van der Waals surface area contributed by atoms with Crippen LogP contribution in [0, 0.1) is 0 Å². The molecule has 0 atom stereocenters. The zero-order valence-electron chi connectivity index (χ0n) is 14.6. The van der Waals surface area contributed by atoms with Crippen LogP contribution in [0.25, 0.3) is 0 Å². The van der Waals surface area contributed by atoms with Gasteiger partial charge in [0.25, 0.3) is 0 Å². The maximum Gasteiger partial charge on any atom is 0.410 e. The zero-order valence-corrected chi connectivity index (χ0v) is 15.4. The fourth-order valence-electron chi connectivity index (χ4n) is 2.31. The van der Waals surface area contributed by atoms with Gasteiger partial charge in [0.15, 0.2) is 5.13 Å². The van der Waals surface area contributed by atoms with E-state index in [1.54, 1.807) is 18.7 Å². The summed E-state index contributed by atoms with van der Waals surface area (Å²) in [6.07, 6.45) is 0.618. The van der Waals surface area contributed by atoms with E-state index in [0.717, 1.165) is 24.6 Å². The highest BCUT2D eigenvalue weighted by atomic mass is 32.1. The Morgan fingerprint density at radius 1 is 1.22 bits per heavy atom. The molecule has 130 valence electrons. The Bertz CT molecular complexity index is 546. The van der Waals surface area contributed by atoms with Crippen LogP contribution in [-0.4, -0.2) is 52.9 Å². The number of ether oxygens (including phenoxy) is 1. The number of thiazole rings is 1. The molecule has 0 aliphatic carbocycles. The summed E-state index contributed by atoms with van der Waals surface area (Å²) in [5, 5.41) is 12.8. The monoisotopic (exact) mass is 341 g/mol. The van der Waals surface area contributed by atoms with Gasteiger partial charge in [-0.15, -0.1) is 11.3 Å². The minimum absolute atomic E-state index is 0.254. The van der Waals surface area contributed by atoms with E-state index in [9.17, 15) is 9.90 Å². The van der Waals surface area contributed by atoms with Crippen molar-refractivity contribution < 1.29 is 14.6 Å². The summed E-state index contributed by atoms with van der Waals surface area (Å²) < 4.78 is 5.44. The Hall–Kier alpha value is -1.34. The number of aliphatic hydroxyl groups is 1. The van der Waals surface area contributed by atoms with Crippen LogP contribution in [0.4, 0.5) is 9.93 Å². The molecule has 2 rings (SSSR count). The van der Waals surface area contributed by atoms with Crippen LogP contribution in [0.15, 0.2) is 5.38 Å². The van der Waals surface area contributed by atoms with Crippen LogP contribution in [0.2, 0.25) is 0 Å². The molecule has 0 saturated carbocycles. The van der Waals surface area contributed by atoms with Gasteiger partial charge in [-0.1, -0.05) is 0 Å². The van der Waals surface area contributed by atoms with Crippen LogP contribution in [0.5, 0.6) is 0 Å². The quantitative estimate of drug-likeness (QED) is 0.896. The van der Waals surface area contributed by atoms with Gasteiger partial charge in [0.2, 0.25) is 0 Å². The number of hydrogen-bond acceptors (Lipinski definition) is 6. The Morgan fingerprint density at radius 2 is 1.91 bits per heavy atom. The number of anilines is 1. The topological polar surface area (TPSA) is 65.9 Å². The predicted octanol–water partition coefficient (Wildman–Crippen LogP) is 2.82. The SMILES string of the molecule is CC(C)(C)OC(=O)N1CCCN(c2nc(C(C)(C)O)cs2)CC1. The molecule has 1 saturated heterocycles. The second kappa shape index (κ2) is 6.65. The van der Waals surface area contributed by atoms with Gasteiger partial charge < -0.3 is 19.6 Å². The second-order valence-corrected chi connectivity index (χ2v) is 8.22. The lowest BCUT2D eigenvalue weighted by Gasteiger charge is -2.26. The molecular formula is C16H27N3O3S. The van der Waals surface area contributed by atoms with E-state index in [0.29, 0.717) is 18.8 Å². The van der Waals surface area contributed by atoms with Crippen molar-refractivity contribution in [2.45, 2.75) is 52.2 Å². The van der Waals surface area contributed by atoms with Crippen molar-refractivity contribution in [3.05, 3.63) is 11.1 Å². The minimum Gasteiger partial charge on any atom is -0.444 e. The molecule has 23 heavy (non-hydrogen) atoms. The first-order chi connectivity index (χ1) is 10.6. The Balaban J connectivity index is 1.98. The van der Waals surface area contributed by atoms with Gasteiger partial charge in [0, 0.05) is 31.6 Å². The van der Waals surface area contributed by atoms with Gasteiger partial charge in [-0.05, 0) is 41.0 Å².